The quantitative estimate of drug-likeness (QED) is 0.750. The van der Waals surface area contributed by atoms with Gasteiger partial charge in [0.2, 0.25) is 10.0 Å². The summed E-state index contributed by atoms with van der Waals surface area (Å²) in [5, 5.41) is 3.31. The van der Waals surface area contributed by atoms with E-state index in [4.69, 9.17) is 0 Å². The smallest absolute Gasteiger partial charge is 0.211 e. The van der Waals surface area contributed by atoms with Gasteiger partial charge in [0.25, 0.3) is 0 Å². The third-order valence-corrected chi connectivity index (χ3v) is 4.91. The van der Waals surface area contributed by atoms with Crippen molar-refractivity contribution in [1.82, 2.24) is 9.62 Å². The molecule has 1 unspecified atom stereocenters. The van der Waals surface area contributed by atoms with E-state index >= 15 is 0 Å². The topological polar surface area (TPSA) is 49.4 Å². The average Bonchev–Trinajstić information content (AvgIpc) is 2.69. The Labute approximate surface area is 92.1 Å². The van der Waals surface area contributed by atoms with Gasteiger partial charge in [0.05, 0.1) is 6.26 Å². The maximum atomic E-state index is 11.7. The number of hydrogen-bond acceptors (Lipinski definition) is 3. The van der Waals surface area contributed by atoms with E-state index < -0.39 is 10.0 Å². The number of nitrogens with one attached hydrogen (secondary N) is 1. The first kappa shape index (κ1) is 11.4. The summed E-state index contributed by atoms with van der Waals surface area (Å²) in [5.41, 5.74) is 0. The molecule has 0 amide bonds. The number of nitrogens with zero attached hydrogens (tertiary/aromatic N) is 1. The Hall–Kier alpha value is -0.130. The Morgan fingerprint density at radius 3 is 2.53 bits per heavy atom. The predicted molar refractivity (Wildman–Crippen MR) is 60.2 cm³/mol. The Bertz CT molecular complexity index is 309. The van der Waals surface area contributed by atoms with Crippen LogP contribution in [0.1, 0.15) is 25.7 Å². The van der Waals surface area contributed by atoms with E-state index in [-0.39, 0.29) is 6.04 Å². The number of rotatable bonds is 2. The molecule has 1 aliphatic heterocycles. The van der Waals surface area contributed by atoms with Crippen LogP contribution in [0.2, 0.25) is 0 Å². The summed E-state index contributed by atoms with van der Waals surface area (Å²) in [6.07, 6.45) is 6.24. The molecular formula is C10H20N2O2S. The van der Waals surface area contributed by atoms with Crippen molar-refractivity contribution < 1.29 is 8.42 Å². The van der Waals surface area contributed by atoms with E-state index in [1.807, 2.05) is 0 Å². The lowest BCUT2D eigenvalue weighted by atomic mass is 9.97. The van der Waals surface area contributed by atoms with Crippen LogP contribution in [0.4, 0.5) is 0 Å². The molecule has 2 aliphatic rings. The second-order valence-corrected chi connectivity index (χ2v) is 6.62. The maximum absolute atomic E-state index is 11.7. The van der Waals surface area contributed by atoms with Gasteiger partial charge in [-0.2, -0.15) is 4.31 Å². The highest BCUT2D eigenvalue weighted by Crippen LogP contribution is 2.31. The van der Waals surface area contributed by atoms with Gasteiger partial charge in [-0.05, 0) is 18.8 Å². The lowest BCUT2D eigenvalue weighted by Crippen LogP contribution is -2.55. The Morgan fingerprint density at radius 2 is 1.93 bits per heavy atom. The van der Waals surface area contributed by atoms with Crippen LogP contribution in [0.15, 0.2) is 0 Å². The highest BCUT2D eigenvalue weighted by molar-refractivity contribution is 7.88. The van der Waals surface area contributed by atoms with Gasteiger partial charge >= 0.3 is 0 Å². The molecule has 0 aromatic heterocycles. The average molecular weight is 232 g/mol. The summed E-state index contributed by atoms with van der Waals surface area (Å²) in [6.45, 7) is 2.26. The highest BCUT2D eigenvalue weighted by Gasteiger charge is 2.35. The molecule has 0 bridgehead atoms. The zero-order valence-electron chi connectivity index (χ0n) is 9.28. The molecule has 15 heavy (non-hydrogen) atoms. The molecule has 1 N–H and O–H groups in total. The molecule has 2 rings (SSSR count). The fraction of sp³-hybridized carbons (Fsp3) is 1.00. The first-order valence-electron chi connectivity index (χ1n) is 5.76. The van der Waals surface area contributed by atoms with E-state index in [2.05, 4.69) is 5.32 Å². The Kier molecular flexibility index (Phi) is 3.33. The standard InChI is InChI=1S/C10H20N2O2S/c1-15(13,14)12-7-6-11-8-10(12)9-4-2-3-5-9/h9-11H,2-8H2,1H3. The van der Waals surface area contributed by atoms with E-state index in [0.29, 0.717) is 12.5 Å². The summed E-state index contributed by atoms with van der Waals surface area (Å²) in [4.78, 5) is 0. The largest absolute Gasteiger partial charge is 0.314 e. The second-order valence-electron chi connectivity index (χ2n) is 4.69. The summed E-state index contributed by atoms with van der Waals surface area (Å²) in [5.74, 6) is 0.576. The SMILES string of the molecule is CS(=O)(=O)N1CCNCC1C1CCCC1. The molecule has 1 saturated heterocycles. The number of sulfonamides is 1. The fourth-order valence-corrected chi connectivity index (χ4v) is 4.02. The molecule has 0 aromatic carbocycles. The fourth-order valence-electron chi connectivity index (χ4n) is 2.86. The second kappa shape index (κ2) is 4.39. The van der Waals surface area contributed by atoms with Crippen molar-refractivity contribution in [3.8, 4) is 0 Å². The normalized spacial score (nSPS) is 30.9. The van der Waals surface area contributed by atoms with Crippen molar-refractivity contribution in [1.29, 1.82) is 0 Å². The van der Waals surface area contributed by atoms with E-state index in [1.54, 1.807) is 4.31 Å². The van der Waals surface area contributed by atoms with Gasteiger partial charge in [0.15, 0.2) is 0 Å². The van der Waals surface area contributed by atoms with Crippen molar-refractivity contribution in [2.45, 2.75) is 31.7 Å². The van der Waals surface area contributed by atoms with Gasteiger partial charge in [0, 0.05) is 25.7 Å². The van der Waals surface area contributed by atoms with Crippen LogP contribution in [0.5, 0.6) is 0 Å². The maximum Gasteiger partial charge on any atom is 0.211 e. The Morgan fingerprint density at radius 1 is 1.27 bits per heavy atom. The van der Waals surface area contributed by atoms with Crippen molar-refractivity contribution in [3.63, 3.8) is 0 Å². The van der Waals surface area contributed by atoms with Gasteiger partial charge < -0.3 is 5.32 Å². The van der Waals surface area contributed by atoms with Crippen molar-refractivity contribution in [3.05, 3.63) is 0 Å². The van der Waals surface area contributed by atoms with Crippen LogP contribution < -0.4 is 5.32 Å². The van der Waals surface area contributed by atoms with Crippen molar-refractivity contribution in [2.75, 3.05) is 25.9 Å². The lowest BCUT2D eigenvalue weighted by Gasteiger charge is -2.37. The minimum atomic E-state index is -3.02. The number of piperazine rings is 1. The van der Waals surface area contributed by atoms with Crippen LogP contribution in [0.25, 0.3) is 0 Å². The molecule has 0 aromatic rings. The molecule has 1 saturated carbocycles. The third-order valence-electron chi connectivity index (χ3n) is 3.60. The van der Waals surface area contributed by atoms with E-state index in [1.165, 1.54) is 31.9 Å². The Balaban J connectivity index is 2.12. The van der Waals surface area contributed by atoms with Crippen LogP contribution >= 0.6 is 0 Å². The van der Waals surface area contributed by atoms with Crippen LogP contribution in [-0.4, -0.2) is 44.7 Å². The van der Waals surface area contributed by atoms with Gasteiger partial charge in [-0.15, -0.1) is 0 Å². The molecule has 2 fully saturated rings. The molecular weight excluding hydrogens is 212 g/mol. The summed E-state index contributed by atoms with van der Waals surface area (Å²) < 4.78 is 25.0. The zero-order chi connectivity index (χ0) is 10.9. The summed E-state index contributed by atoms with van der Waals surface area (Å²) in [7, 11) is -3.02. The van der Waals surface area contributed by atoms with Crippen LogP contribution in [-0.2, 0) is 10.0 Å². The molecule has 0 spiro atoms. The minimum absolute atomic E-state index is 0.205. The number of hydrogen-bond donors (Lipinski definition) is 1. The first-order valence-corrected chi connectivity index (χ1v) is 7.61. The van der Waals surface area contributed by atoms with Crippen molar-refractivity contribution >= 4 is 10.0 Å². The molecule has 88 valence electrons. The van der Waals surface area contributed by atoms with Gasteiger partial charge in [0.1, 0.15) is 0 Å². The predicted octanol–water partition coefficient (Wildman–Crippen LogP) is 0.410. The molecule has 4 nitrogen and oxygen atoms in total. The van der Waals surface area contributed by atoms with E-state index in [9.17, 15) is 8.42 Å². The highest BCUT2D eigenvalue weighted by atomic mass is 32.2. The van der Waals surface area contributed by atoms with E-state index in [0.717, 1.165) is 13.1 Å². The zero-order valence-corrected chi connectivity index (χ0v) is 10.1. The minimum Gasteiger partial charge on any atom is -0.314 e. The molecule has 5 heteroatoms. The summed E-state index contributed by atoms with van der Waals surface area (Å²) >= 11 is 0. The van der Waals surface area contributed by atoms with Crippen LogP contribution in [0, 0.1) is 5.92 Å². The monoisotopic (exact) mass is 232 g/mol. The molecule has 1 aliphatic carbocycles. The van der Waals surface area contributed by atoms with Crippen LogP contribution in [0.3, 0.4) is 0 Å². The van der Waals surface area contributed by atoms with Crippen molar-refractivity contribution in [2.24, 2.45) is 5.92 Å². The molecule has 1 atom stereocenters. The lowest BCUT2D eigenvalue weighted by molar-refractivity contribution is 0.201. The van der Waals surface area contributed by atoms with Gasteiger partial charge in [-0.3, -0.25) is 0 Å². The molecule has 0 radical (unpaired) electrons. The molecule has 1 heterocycles. The van der Waals surface area contributed by atoms with Gasteiger partial charge in [-0.1, -0.05) is 12.8 Å². The third kappa shape index (κ3) is 2.52. The summed E-state index contributed by atoms with van der Waals surface area (Å²) in [6, 6.07) is 0.205. The van der Waals surface area contributed by atoms with Gasteiger partial charge in [-0.25, -0.2) is 8.42 Å². The first-order chi connectivity index (χ1) is 7.09.